The number of esters is 1. The third-order valence-electron chi connectivity index (χ3n) is 5.34. The lowest BCUT2D eigenvalue weighted by Gasteiger charge is -2.30. The topological polar surface area (TPSA) is 104 Å². The van der Waals surface area contributed by atoms with E-state index in [1.54, 1.807) is 22.7 Å². The van der Waals surface area contributed by atoms with E-state index in [0.717, 1.165) is 26.7 Å². The van der Waals surface area contributed by atoms with Crippen molar-refractivity contribution in [2.24, 2.45) is 0 Å². The molecule has 1 aliphatic heterocycles. The van der Waals surface area contributed by atoms with Crippen LogP contribution in [0.15, 0.2) is 82.6 Å². The Morgan fingerprint density at radius 2 is 1.56 bits per heavy atom. The fourth-order valence-corrected chi connectivity index (χ4v) is 4.81. The van der Waals surface area contributed by atoms with E-state index in [1.807, 2.05) is 66.7 Å². The number of nitrogens with one attached hydrogen (secondary N) is 2. The number of H-pyrrole nitrogens is 1. The summed E-state index contributed by atoms with van der Waals surface area (Å²) in [4.78, 5) is 41.2. The first-order chi connectivity index (χ1) is 16.6. The molecule has 34 heavy (non-hydrogen) atoms. The van der Waals surface area contributed by atoms with Crippen LogP contribution >= 0.6 is 11.8 Å². The highest BCUT2D eigenvalue weighted by Gasteiger charge is 2.28. The molecule has 0 bridgehead atoms. The Morgan fingerprint density at radius 3 is 2.29 bits per heavy atom. The van der Waals surface area contributed by atoms with Crippen LogP contribution in [-0.2, 0) is 14.3 Å². The fourth-order valence-electron chi connectivity index (χ4n) is 3.75. The lowest BCUT2D eigenvalue weighted by molar-refractivity contribution is -0.147. The molecule has 0 atom stereocenters. The Bertz CT molecular complexity index is 1350. The van der Waals surface area contributed by atoms with Crippen molar-refractivity contribution in [3.63, 3.8) is 0 Å². The number of fused-ring (bicyclic) bond motifs is 3. The Morgan fingerprint density at radius 1 is 0.912 bits per heavy atom. The van der Waals surface area contributed by atoms with E-state index in [-0.39, 0.29) is 30.5 Å². The van der Waals surface area contributed by atoms with Crippen molar-refractivity contribution in [1.82, 2.24) is 15.5 Å². The van der Waals surface area contributed by atoms with Crippen molar-refractivity contribution < 1.29 is 19.1 Å². The van der Waals surface area contributed by atoms with E-state index in [9.17, 15) is 14.4 Å². The van der Waals surface area contributed by atoms with Crippen LogP contribution in [0.25, 0.3) is 10.9 Å². The largest absolute Gasteiger partial charge is 0.455 e. The van der Waals surface area contributed by atoms with Gasteiger partial charge in [-0.25, -0.2) is 0 Å². The molecule has 1 aromatic heterocycles. The van der Waals surface area contributed by atoms with Gasteiger partial charge in [-0.15, -0.1) is 0 Å². The standard InChI is InChI=1S/C25H20N4O4S/c30-22(29-18-9-3-5-11-20(18)34-21-12-6-4-10-19(21)29)15-33-23(31)13-14-26-25(32)24-16-7-1-2-8-17(16)27-28-24/h1-12H,13-15H2,(H,26,32)(H,27,28). The van der Waals surface area contributed by atoms with E-state index < -0.39 is 12.6 Å². The molecule has 8 nitrogen and oxygen atoms in total. The van der Waals surface area contributed by atoms with Crippen LogP contribution in [0.4, 0.5) is 11.4 Å². The van der Waals surface area contributed by atoms with Gasteiger partial charge in [0.1, 0.15) is 0 Å². The highest BCUT2D eigenvalue weighted by atomic mass is 32.2. The van der Waals surface area contributed by atoms with Crippen LogP contribution in [0.1, 0.15) is 16.9 Å². The highest BCUT2D eigenvalue weighted by molar-refractivity contribution is 7.99. The number of hydrogen-bond donors (Lipinski definition) is 2. The van der Waals surface area contributed by atoms with Crippen molar-refractivity contribution in [3.8, 4) is 0 Å². The number of ether oxygens (including phenoxy) is 1. The van der Waals surface area contributed by atoms with Gasteiger partial charge in [0.05, 0.1) is 23.3 Å². The lowest BCUT2D eigenvalue weighted by Crippen LogP contribution is -2.33. The molecule has 0 radical (unpaired) electrons. The summed E-state index contributed by atoms with van der Waals surface area (Å²) in [6.07, 6.45) is -0.0651. The number of hydrogen-bond acceptors (Lipinski definition) is 6. The van der Waals surface area contributed by atoms with E-state index in [1.165, 1.54) is 0 Å². The molecule has 2 N–H and O–H groups in total. The van der Waals surface area contributed by atoms with Crippen LogP contribution in [0, 0.1) is 0 Å². The third-order valence-corrected chi connectivity index (χ3v) is 6.47. The highest BCUT2D eigenvalue weighted by Crippen LogP contribution is 2.47. The van der Waals surface area contributed by atoms with Gasteiger partial charge in [-0.05, 0) is 30.3 Å². The zero-order chi connectivity index (χ0) is 23.5. The Balaban J connectivity index is 1.17. The average Bonchev–Trinajstić information content (AvgIpc) is 3.30. The van der Waals surface area contributed by atoms with Crippen LogP contribution in [-0.4, -0.2) is 41.1 Å². The predicted molar refractivity (Wildman–Crippen MR) is 128 cm³/mol. The molecule has 5 rings (SSSR count). The quantitative estimate of drug-likeness (QED) is 0.410. The molecule has 0 saturated carbocycles. The van der Waals surface area contributed by atoms with Crippen molar-refractivity contribution in [2.45, 2.75) is 16.2 Å². The zero-order valence-corrected chi connectivity index (χ0v) is 18.8. The molecule has 0 saturated heterocycles. The summed E-state index contributed by atoms with van der Waals surface area (Å²) in [6, 6.07) is 22.5. The molecule has 2 amide bonds. The van der Waals surface area contributed by atoms with Crippen LogP contribution in [0.2, 0.25) is 0 Å². The van der Waals surface area contributed by atoms with Gasteiger partial charge in [0, 0.05) is 21.7 Å². The number of amides is 2. The number of para-hydroxylation sites is 3. The van der Waals surface area contributed by atoms with Crippen molar-refractivity contribution in [3.05, 3.63) is 78.5 Å². The van der Waals surface area contributed by atoms with Crippen LogP contribution < -0.4 is 10.2 Å². The van der Waals surface area contributed by atoms with Crippen molar-refractivity contribution in [2.75, 3.05) is 18.1 Å². The number of aromatic amines is 1. The van der Waals surface area contributed by atoms with Crippen molar-refractivity contribution in [1.29, 1.82) is 0 Å². The normalized spacial score (nSPS) is 12.1. The van der Waals surface area contributed by atoms with Gasteiger partial charge in [0.15, 0.2) is 12.3 Å². The van der Waals surface area contributed by atoms with Crippen LogP contribution in [0.5, 0.6) is 0 Å². The molecule has 0 unspecified atom stereocenters. The van der Waals surface area contributed by atoms with Gasteiger partial charge in [-0.1, -0.05) is 54.2 Å². The monoisotopic (exact) mass is 472 g/mol. The van der Waals surface area contributed by atoms with E-state index in [4.69, 9.17) is 4.74 Å². The fraction of sp³-hybridized carbons (Fsp3) is 0.120. The van der Waals surface area contributed by atoms with Crippen LogP contribution in [0.3, 0.4) is 0 Å². The molecule has 3 aromatic carbocycles. The van der Waals surface area contributed by atoms with Gasteiger partial charge in [0.2, 0.25) is 0 Å². The minimum atomic E-state index is -0.575. The summed E-state index contributed by atoms with van der Waals surface area (Å²) >= 11 is 1.59. The number of nitrogens with zero attached hydrogens (tertiary/aromatic N) is 2. The van der Waals surface area contributed by atoms with E-state index in [2.05, 4.69) is 15.5 Å². The van der Waals surface area contributed by atoms with Gasteiger partial charge in [0.25, 0.3) is 11.8 Å². The van der Waals surface area contributed by atoms with E-state index >= 15 is 0 Å². The molecule has 1 aliphatic rings. The molecule has 2 heterocycles. The lowest BCUT2D eigenvalue weighted by atomic mass is 10.2. The summed E-state index contributed by atoms with van der Waals surface area (Å²) in [7, 11) is 0. The summed E-state index contributed by atoms with van der Waals surface area (Å²) in [6.45, 7) is -0.330. The maximum absolute atomic E-state index is 13.0. The predicted octanol–water partition coefficient (Wildman–Crippen LogP) is 4.06. The second-order valence-corrected chi connectivity index (χ2v) is 8.63. The SMILES string of the molecule is O=C(CCNC(=O)c1n[nH]c2ccccc12)OCC(=O)N1c2ccccc2Sc2ccccc21. The minimum Gasteiger partial charge on any atom is -0.455 e. The number of carbonyl (C=O) groups excluding carboxylic acids is 3. The Hall–Kier alpha value is -4.11. The van der Waals surface area contributed by atoms with E-state index in [0.29, 0.717) is 5.39 Å². The smallest absolute Gasteiger partial charge is 0.308 e. The molecule has 0 spiro atoms. The van der Waals surface area contributed by atoms with Gasteiger partial charge in [-0.3, -0.25) is 24.4 Å². The summed E-state index contributed by atoms with van der Waals surface area (Å²) < 4.78 is 5.22. The molecule has 9 heteroatoms. The Kier molecular flexibility index (Phi) is 6.01. The summed E-state index contributed by atoms with van der Waals surface area (Å²) in [5.74, 6) is -1.31. The number of benzene rings is 3. The second kappa shape index (κ2) is 9.40. The van der Waals surface area contributed by atoms with Gasteiger partial charge < -0.3 is 10.1 Å². The maximum Gasteiger partial charge on any atom is 0.308 e. The van der Waals surface area contributed by atoms with Gasteiger partial charge >= 0.3 is 5.97 Å². The second-order valence-electron chi connectivity index (χ2n) is 7.55. The minimum absolute atomic E-state index is 0.0651. The molecule has 4 aromatic rings. The molecular weight excluding hydrogens is 452 g/mol. The first kappa shape index (κ1) is 21.7. The zero-order valence-electron chi connectivity index (χ0n) is 18.0. The number of aromatic nitrogens is 2. The molecular formula is C25H20N4O4S. The summed E-state index contributed by atoms with van der Waals surface area (Å²) in [5, 5.41) is 10.2. The molecule has 170 valence electrons. The van der Waals surface area contributed by atoms with Gasteiger partial charge in [-0.2, -0.15) is 5.10 Å². The third kappa shape index (κ3) is 4.25. The number of carbonyl (C=O) groups is 3. The number of anilines is 2. The number of rotatable bonds is 6. The first-order valence-electron chi connectivity index (χ1n) is 10.7. The average molecular weight is 473 g/mol. The maximum atomic E-state index is 13.0. The summed E-state index contributed by atoms with van der Waals surface area (Å²) in [5.41, 5.74) is 2.53. The molecule has 0 fully saturated rings. The van der Waals surface area contributed by atoms with Crippen molar-refractivity contribution >= 4 is 51.8 Å². The molecule has 0 aliphatic carbocycles. The first-order valence-corrected chi connectivity index (χ1v) is 11.5. The Labute approximate surface area is 199 Å².